The van der Waals surface area contributed by atoms with Crippen LogP contribution in [0.5, 0.6) is 5.75 Å². The van der Waals surface area contributed by atoms with Crippen molar-refractivity contribution < 1.29 is 23.0 Å². The van der Waals surface area contributed by atoms with Gasteiger partial charge in [0.25, 0.3) is 0 Å². The Balaban J connectivity index is 2.98. The lowest BCUT2D eigenvalue weighted by Crippen LogP contribution is -2.29. The van der Waals surface area contributed by atoms with Crippen LogP contribution in [0, 0.1) is 0 Å². The maximum absolute atomic E-state index is 12.4. The molecule has 1 unspecified atom stereocenters. The average molecular weight is 276 g/mol. The molecule has 0 bridgehead atoms. The Kier molecular flexibility index (Phi) is 4.20. The lowest BCUT2D eigenvalue weighted by Gasteiger charge is -2.27. The first-order valence-electron chi connectivity index (χ1n) is 5.98. The highest BCUT2D eigenvalue weighted by Crippen LogP contribution is 2.35. The van der Waals surface area contributed by atoms with E-state index < -0.39 is 23.8 Å². The van der Waals surface area contributed by atoms with Crippen LogP contribution in [0.3, 0.4) is 0 Å². The molecule has 0 saturated carbocycles. The lowest BCUT2D eigenvalue weighted by molar-refractivity contribution is -0.174. The Labute approximate surface area is 111 Å². The summed E-state index contributed by atoms with van der Waals surface area (Å²) in [6.07, 6.45) is -5.72. The smallest absolute Gasteiger partial charge is 0.392 e. The van der Waals surface area contributed by atoms with Crippen molar-refractivity contribution in [3.05, 3.63) is 29.8 Å². The molecular weight excluding hydrogens is 257 g/mol. The van der Waals surface area contributed by atoms with Gasteiger partial charge in [-0.3, -0.25) is 0 Å². The molecule has 0 aliphatic carbocycles. The molecule has 2 nitrogen and oxygen atoms in total. The van der Waals surface area contributed by atoms with E-state index in [-0.39, 0.29) is 5.56 Å². The van der Waals surface area contributed by atoms with E-state index in [9.17, 15) is 18.3 Å². The Hall–Kier alpha value is -1.23. The fraction of sp³-hybridized carbons (Fsp3) is 0.571. The summed E-state index contributed by atoms with van der Waals surface area (Å²) in [6, 6.07) is 6.12. The van der Waals surface area contributed by atoms with Crippen LogP contribution in [0.4, 0.5) is 13.2 Å². The van der Waals surface area contributed by atoms with Gasteiger partial charge in [-0.05, 0) is 45.4 Å². The Bertz CT molecular complexity index is 431. The predicted octanol–water partition coefficient (Wildman–Crippen LogP) is 4.02. The van der Waals surface area contributed by atoms with Gasteiger partial charge in [0.15, 0.2) is 0 Å². The zero-order valence-electron chi connectivity index (χ0n) is 11.5. The highest BCUT2D eigenvalue weighted by atomic mass is 19.4. The van der Waals surface area contributed by atoms with Gasteiger partial charge in [-0.1, -0.05) is 12.1 Å². The highest BCUT2D eigenvalue weighted by molar-refractivity contribution is 5.32. The normalized spacial score (nSPS) is 16.0. The molecule has 108 valence electrons. The zero-order chi connectivity index (χ0) is 14.9. The van der Waals surface area contributed by atoms with E-state index in [1.165, 1.54) is 12.1 Å². The van der Waals surface area contributed by atoms with E-state index in [4.69, 9.17) is 4.74 Å². The Morgan fingerprint density at radius 2 is 1.68 bits per heavy atom. The molecule has 0 amide bonds. The lowest BCUT2D eigenvalue weighted by atomic mass is 9.92. The van der Waals surface area contributed by atoms with Crippen molar-refractivity contribution in [3.8, 4) is 5.75 Å². The first kappa shape index (κ1) is 15.8. The molecule has 0 aromatic heterocycles. The highest BCUT2D eigenvalue weighted by Gasteiger charge is 2.39. The van der Waals surface area contributed by atoms with Gasteiger partial charge in [-0.15, -0.1) is 0 Å². The van der Waals surface area contributed by atoms with E-state index in [1.54, 1.807) is 12.1 Å². The van der Waals surface area contributed by atoms with Crippen LogP contribution in [0.15, 0.2) is 24.3 Å². The summed E-state index contributed by atoms with van der Waals surface area (Å²) < 4.78 is 42.8. The van der Waals surface area contributed by atoms with Crippen molar-refractivity contribution in [3.63, 3.8) is 0 Å². The topological polar surface area (TPSA) is 29.5 Å². The van der Waals surface area contributed by atoms with Crippen molar-refractivity contribution in [2.45, 2.75) is 51.5 Å². The molecule has 1 aromatic carbocycles. The van der Waals surface area contributed by atoms with Gasteiger partial charge >= 0.3 is 6.18 Å². The fourth-order valence-electron chi connectivity index (χ4n) is 1.74. The SMILES string of the molecule is CC(C)(C)Oc1cccc(C(C)(O)CC(F)(F)F)c1. The molecule has 0 saturated heterocycles. The largest absolute Gasteiger partial charge is 0.488 e. The minimum Gasteiger partial charge on any atom is -0.488 e. The maximum Gasteiger partial charge on any atom is 0.392 e. The maximum atomic E-state index is 12.4. The molecule has 1 rings (SSSR count). The first-order chi connectivity index (χ1) is 8.39. The van der Waals surface area contributed by atoms with E-state index in [2.05, 4.69) is 0 Å². The third kappa shape index (κ3) is 5.51. The number of rotatable bonds is 3. The van der Waals surface area contributed by atoms with Crippen molar-refractivity contribution in [1.29, 1.82) is 0 Å². The van der Waals surface area contributed by atoms with Crippen LogP contribution < -0.4 is 4.74 Å². The minimum absolute atomic E-state index is 0.187. The van der Waals surface area contributed by atoms with E-state index in [0.29, 0.717) is 5.75 Å². The average Bonchev–Trinajstić information content (AvgIpc) is 2.11. The van der Waals surface area contributed by atoms with Crippen LogP contribution in [-0.4, -0.2) is 16.9 Å². The number of benzene rings is 1. The number of alkyl halides is 3. The second-order valence-electron chi connectivity index (χ2n) is 5.81. The molecule has 0 aliphatic heterocycles. The molecule has 0 aliphatic rings. The second-order valence-corrected chi connectivity index (χ2v) is 5.81. The third-order valence-electron chi connectivity index (χ3n) is 2.42. The molecule has 1 atom stereocenters. The predicted molar refractivity (Wildman–Crippen MR) is 67.1 cm³/mol. The first-order valence-corrected chi connectivity index (χ1v) is 5.98. The van der Waals surface area contributed by atoms with Crippen molar-refractivity contribution in [2.75, 3.05) is 0 Å². The van der Waals surface area contributed by atoms with Crippen LogP contribution >= 0.6 is 0 Å². The van der Waals surface area contributed by atoms with Gasteiger partial charge in [-0.25, -0.2) is 0 Å². The third-order valence-corrected chi connectivity index (χ3v) is 2.42. The van der Waals surface area contributed by atoms with Crippen molar-refractivity contribution >= 4 is 0 Å². The minimum atomic E-state index is -4.43. The fourth-order valence-corrected chi connectivity index (χ4v) is 1.74. The summed E-state index contributed by atoms with van der Waals surface area (Å²) in [6.45, 7) is 6.67. The van der Waals surface area contributed by atoms with E-state index in [1.807, 2.05) is 20.8 Å². The molecule has 0 spiro atoms. The standard InChI is InChI=1S/C14H19F3O2/c1-12(2,3)19-11-7-5-6-10(8-11)13(4,18)9-14(15,16)17/h5-8,18H,9H2,1-4H3. The van der Waals surface area contributed by atoms with E-state index in [0.717, 1.165) is 6.92 Å². The number of ether oxygens (including phenoxy) is 1. The summed E-state index contributed by atoms with van der Waals surface area (Å²) in [4.78, 5) is 0. The summed E-state index contributed by atoms with van der Waals surface area (Å²) >= 11 is 0. The Morgan fingerprint density at radius 3 is 2.16 bits per heavy atom. The van der Waals surface area contributed by atoms with Crippen LogP contribution in [-0.2, 0) is 5.60 Å². The summed E-state index contributed by atoms with van der Waals surface area (Å²) in [5.41, 5.74) is -2.23. The van der Waals surface area contributed by atoms with Gasteiger partial charge in [0.2, 0.25) is 0 Å². The summed E-state index contributed by atoms with van der Waals surface area (Å²) in [7, 11) is 0. The second kappa shape index (κ2) is 5.04. The van der Waals surface area contributed by atoms with Gasteiger partial charge in [0.05, 0.1) is 12.0 Å². The molecule has 5 heteroatoms. The molecule has 19 heavy (non-hydrogen) atoms. The monoisotopic (exact) mass is 276 g/mol. The van der Waals surface area contributed by atoms with Gasteiger partial charge in [0.1, 0.15) is 11.4 Å². The Morgan fingerprint density at radius 1 is 1.11 bits per heavy atom. The van der Waals surface area contributed by atoms with Crippen LogP contribution in [0.2, 0.25) is 0 Å². The number of halogens is 3. The quantitative estimate of drug-likeness (QED) is 0.903. The summed E-state index contributed by atoms with van der Waals surface area (Å²) in [5, 5.41) is 9.97. The molecule has 0 radical (unpaired) electrons. The van der Waals surface area contributed by atoms with E-state index >= 15 is 0 Å². The number of hydrogen-bond donors (Lipinski definition) is 1. The number of hydrogen-bond acceptors (Lipinski definition) is 2. The van der Waals surface area contributed by atoms with Crippen molar-refractivity contribution in [1.82, 2.24) is 0 Å². The molecule has 0 fully saturated rings. The number of aliphatic hydroxyl groups is 1. The molecule has 0 heterocycles. The van der Waals surface area contributed by atoms with Crippen LogP contribution in [0.1, 0.15) is 39.7 Å². The molecular formula is C14H19F3O2. The van der Waals surface area contributed by atoms with Gasteiger partial charge in [0, 0.05) is 0 Å². The summed E-state index contributed by atoms with van der Waals surface area (Å²) in [5.74, 6) is 0.437. The molecule has 1 N–H and O–H groups in total. The van der Waals surface area contributed by atoms with Crippen LogP contribution in [0.25, 0.3) is 0 Å². The zero-order valence-corrected chi connectivity index (χ0v) is 11.5. The van der Waals surface area contributed by atoms with Gasteiger partial charge in [-0.2, -0.15) is 13.2 Å². The van der Waals surface area contributed by atoms with Crippen molar-refractivity contribution in [2.24, 2.45) is 0 Å². The molecule has 1 aromatic rings. The van der Waals surface area contributed by atoms with Gasteiger partial charge < -0.3 is 9.84 Å².